The van der Waals surface area contributed by atoms with Gasteiger partial charge in [0.25, 0.3) is 0 Å². The van der Waals surface area contributed by atoms with Crippen molar-refractivity contribution < 1.29 is 5.11 Å². The minimum Gasteiger partial charge on any atom is -0.507 e. The molecule has 3 nitrogen and oxygen atoms in total. The van der Waals surface area contributed by atoms with Crippen molar-refractivity contribution in [1.82, 2.24) is 4.98 Å². The number of hydrogen-bond donors (Lipinski definition) is 3. The number of phenolic OH excluding ortho intramolecular Hbond substituents is 1. The number of benzene rings is 1. The van der Waals surface area contributed by atoms with Crippen molar-refractivity contribution in [2.45, 2.75) is 19.4 Å². The van der Waals surface area contributed by atoms with Crippen molar-refractivity contribution >= 4 is 10.9 Å². The Morgan fingerprint density at radius 3 is 2.93 bits per heavy atom. The Labute approximate surface area is 82.6 Å². The first-order chi connectivity index (χ1) is 6.74. The van der Waals surface area contributed by atoms with Gasteiger partial charge in [0.15, 0.2) is 0 Å². The molecule has 0 amide bonds. The molecule has 2 aromatic rings. The van der Waals surface area contributed by atoms with Gasteiger partial charge in [0.2, 0.25) is 0 Å². The maximum atomic E-state index is 9.94. The van der Waals surface area contributed by atoms with Crippen LogP contribution in [0.15, 0.2) is 24.4 Å². The van der Waals surface area contributed by atoms with Crippen LogP contribution in [0.1, 0.15) is 24.9 Å². The Hall–Kier alpha value is -1.48. The average Bonchev–Trinajstić information content (AvgIpc) is 2.66. The van der Waals surface area contributed by atoms with Gasteiger partial charge in [-0.3, -0.25) is 0 Å². The number of aromatic hydroxyl groups is 1. The van der Waals surface area contributed by atoms with Gasteiger partial charge < -0.3 is 15.8 Å². The van der Waals surface area contributed by atoms with Gasteiger partial charge in [-0.1, -0.05) is 13.0 Å². The predicted molar refractivity (Wildman–Crippen MR) is 57.2 cm³/mol. The Morgan fingerprint density at radius 2 is 2.21 bits per heavy atom. The second kappa shape index (κ2) is 3.35. The summed E-state index contributed by atoms with van der Waals surface area (Å²) in [5, 5.41) is 10.8. The number of nitrogens with two attached hydrogens (primary N) is 1. The average molecular weight is 190 g/mol. The fourth-order valence-corrected chi connectivity index (χ4v) is 1.65. The second-order valence-corrected chi connectivity index (χ2v) is 3.46. The molecule has 0 aliphatic carbocycles. The van der Waals surface area contributed by atoms with E-state index < -0.39 is 0 Å². The highest BCUT2D eigenvalue weighted by Gasteiger charge is 2.11. The fraction of sp³-hybridized carbons (Fsp3) is 0.273. The lowest BCUT2D eigenvalue weighted by Crippen LogP contribution is -2.08. The predicted octanol–water partition coefficient (Wildman–Crippen LogP) is 2.28. The molecule has 0 saturated heterocycles. The van der Waals surface area contributed by atoms with Crippen LogP contribution in [0.5, 0.6) is 5.75 Å². The molecule has 2 rings (SSSR count). The molecule has 74 valence electrons. The third-order valence-electron chi connectivity index (χ3n) is 2.58. The summed E-state index contributed by atoms with van der Waals surface area (Å²) in [5.74, 6) is 0.304. The molecule has 4 N–H and O–H groups in total. The first kappa shape index (κ1) is 9.09. The van der Waals surface area contributed by atoms with Gasteiger partial charge in [-0.05, 0) is 18.6 Å². The van der Waals surface area contributed by atoms with Gasteiger partial charge in [0, 0.05) is 28.7 Å². The molecular formula is C11H14N2O. The third kappa shape index (κ3) is 1.26. The molecule has 1 atom stereocenters. The minimum absolute atomic E-state index is 0.0886. The quantitative estimate of drug-likeness (QED) is 0.680. The molecular weight excluding hydrogens is 176 g/mol. The van der Waals surface area contributed by atoms with Crippen LogP contribution in [0.25, 0.3) is 10.9 Å². The molecule has 0 aliphatic heterocycles. The number of H-pyrrole nitrogens is 1. The minimum atomic E-state index is -0.0886. The SMILES string of the molecule is CC[C@@H](N)c1ccc2[nH]ccc2c1O. The van der Waals surface area contributed by atoms with E-state index in [0.717, 1.165) is 22.9 Å². The van der Waals surface area contributed by atoms with Crippen molar-refractivity contribution in [3.05, 3.63) is 30.0 Å². The van der Waals surface area contributed by atoms with Crippen LogP contribution in [-0.2, 0) is 0 Å². The summed E-state index contributed by atoms with van der Waals surface area (Å²) in [6.07, 6.45) is 2.63. The molecule has 0 radical (unpaired) electrons. The molecule has 3 heteroatoms. The number of phenols is 1. The maximum Gasteiger partial charge on any atom is 0.129 e. The number of nitrogens with one attached hydrogen (secondary N) is 1. The van der Waals surface area contributed by atoms with Crippen LogP contribution in [0.4, 0.5) is 0 Å². The second-order valence-electron chi connectivity index (χ2n) is 3.46. The number of fused-ring (bicyclic) bond motifs is 1. The fourth-order valence-electron chi connectivity index (χ4n) is 1.65. The number of rotatable bonds is 2. The van der Waals surface area contributed by atoms with E-state index in [0.29, 0.717) is 5.75 Å². The normalized spacial score (nSPS) is 13.3. The summed E-state index contributed by atoms with van der Waals surface area (Å²) in [7, 11) is 0. The Morgan fingerprint density at radius 1 is 1.43 bits per heavy atom. The summed E-state index contributed by atoms with van der Waals surface area (Å²) >= 11 is 0. The van der Waals surface area contributed by atoms with E-state index in [1.54, 1.807) is 0 Å². The first-order valence-corrected chi connectivity index (χ1v) is 4.78. The van der Waals surface area contributed by atoms with E-state index in [1.165, 1.54) is 0 Å². The van der Waals surface area contributed by atoms with Gasteiger partial charge in [-0.2, -0.15) is 0 Å². The van der Waals surface area contributed by atoms with Gasteiger partial charge >= 0.3 is 0 Å². The Kier molecular flexibility index (Phi) is 2.17. The standard InChI is InChI=1S/C11H14N2O/c1-2-9(12)7-3-4-10-8(11(7)14)5-6-13-10/h3-6,9,13-14H,2,12H2,1H3/t9-/m1/s1. The highest BCUT2D eigenvalue weighted by Crippen LogP contribution is 2.32. The molecule has 0 aliphatic rings. The summed E-state index contributed by atoms with van der Waals surface area (Å²) in [5.41, 5.74) is 7.64. The molecule has 0 saturated carbocycles. The van der Waals surface area contributed by atoms with Crippen molar-refractivity contribution in [3.8, 4) is 5.75 Å². The molecule has 1 heterocycles. The topological polar surface area (TPSA) is 62.0 Å². The van der Waals surface area contributed by atoms with Crippen molar-refractivity contribution in [2.24, 2.45) is 5.73 Å². The van der Waals surface area contributed by atoms with Gasteiger partial charge in [0.05, 0.1) is 0 Å². The van der Waals surface area contributed by atoms with E-state index >= 15 is 0 Å². The lowest BCUT2D eigenvalue weighted by molar-refractivity contribution is 0.466. The van der Waals surface area contributed by atoms with E-state index in [2.05, 4.69) is 4.98 Å². The monoisotopic (exact) mass is 190 g/mol. The smallest absolute Gasteiger partial charge is 0.129 e. The third-order valence-corrected chi connectivity index (χ3v) is 2.58. The molecule has 14 heavy (non-hydrogen) atoms. The summed E-state index contributed by atoms with van der Waals surface area (Å²) in [4.78, 5) is 3.04. The van der Waals surface area contributed by atoms with Gasteiger partial charge in [-0.15, -0.1) is 0 Å². The lowest BCUT2D eigenvalue weighted by atomic mass is 10.0. The zero-order chi connectivity index (χ0) is 10.1. The van der Waals surface area contributed by atoms with E-state index in [4.69, 9.17) is 5.73 Å². The first-order valence-electron chi connectivity index (χ1n) is 4.78. The van der Waals surface area contributed by atoms with E-state index in [-0.39, 0.29) is 6.04 Å². The van der Waals surface area contributed by atoms with E-state index in [9.17, 15) is 5.11 Å². The maximum absolute atomic E-state index is 9.94. The molecule has 0 fully saturated rings. The summed E-state index contributed by atoms with van der Waals surface area (Å²) in [6.45, 7) is 2.01. The van der Waals surface area contributed by atoms with E-state index in [1.807, 2.05) is 31.3 Å². The highest BCUT2D eigenvalue weighted by molar-refractivity contribution is 5.87. The van der Waals surface area contributed by atoms with Crippen LogP contribution >= 0.6 is 0 Å². The molecule has 0 unspecified atom stereocenters. The number of aromatic nitrogens is 1. The van der Waals surface area contributed by atoms with Crippen LogP contribution in [0, 0.1) is 0 Å². The molecule has 1 aromatic heterocycles. The highest BCUT2D eigenvalue weighted by atomic mass is 16.3. The van der Waals surface area contributed by atoms with Crippen LogP contribution in [-0.4, -0.2) is 10.1 Å². The zero-order valence-corrected chi connectivity index (χ0v) is 8.12. The Bertz CT molecular complexity index is 447. The summed E-state index contributed by atoms with van der Waals surface area (Å²) in [6, 6.07) is 5.59. The van der Waals surface area contributed by atoms with Crippen LogP contribution in [0.3, 0.4) is 0 Å². The molecule has 1 aromatic carbocycles. The van der Waals surface area contributed by atoms with Crippen molar-refractivity contribution in [1.29, 1.82) is 0 Å². The number of aromatic amines is 1. The summed E-state index contributed by atoms with van der Waals surface area (Å²) < 4.78 is 0. The Balaban J connectivity index is 2.61. The lowest BCUT2D eigenvalue weighted by Gasteiger charge is -2.11. The molecule has 0 spiro atoms. The van der Waals surface area contributed by atoms with Crippen molar-refractivity contribution in [3.63, 3.8) is 0 Å². The van der Waals surface area contributed by atoms with Crippen LogP contribution in [0.2, 0.25) is 0 Å². The van der Waals surface area contributed by atoms with Gasteiger partial charge in [-0.25, -0.2) is 0 Å². The molecule has 0 bridgehead atoms. The number of hydrogen-bond acceptors (Lipinski definition) is 2. The largest absolute Gasteiger partial charge is 0.507 e. The zero-order valence-electron chi connectivity index (χ0n) is 8.12. The van der Waals surface area contributed by atoms with Crippen molar-refractivity contribution in [2.75, 3.05) is 0 Å². The van der Waals surface area contributed by atoms with Gasteiger partial charge in [0.1, 0.15) is 5.75 Å². The van der Waals surface area contributed by atoms with Crippen LogP contribution < -0.4 is 5.73 Å².